The van der Waals surface area contributed by atoms with Gasteiger partial charge in [0, 0.05) is 10.8 Å². The van der Waals surface area contributed by atoms with Gasteiger partial charge < -0.3 is 0 Å². The van der Waals surface area contributed by atoms with Gasteiger partial charge in [-0.2, -0.15) is 0 Å². The van der Waals surface area contributed by atoms with Gasteiger partial charge in [0.15, 0.2) is 0 Å². The summed E-state index contributed by atoms with van der Waals surface area (Å²) in [6.07, 6.45) is 0. The van der Waals surface area contributed by atoms with Gasteiger partial charge in [0.2, 0.25) is 0 Å². The second-order valence-corrected chi connectivity index (χ2v) is 3.88. The molecule has 0 N–H and O–H groups in total. The number of benzene rings is 3. The molecule has 0 saturated heterocycles. The van der Waals surface area contributed by atoms with E-state index in [1.54, 1.807) is 12.1 Å². The molecule has 0 aliphatic carbocycles. The van der Waals surface area contributed by atoms with Crippen molar-refractivity contribution in [2.75, 3.05) is 0 Å². The fraction of sp³-hybridized carbons (Fsp3) is 0. The van der Waals surface area contributed by atoms with Gasteiger partial charge in [0.25, 0.3) is 0 Å². The zero-order valence-corrected chi connectivity index (χ0v) is 8.70. The molecule has 3 rings (SSSR count). The van der Waals surface area contributed by atoms with Gasteiger partial charge in [-0.15, -0.1) is 0 Å². The third-order valence-corrected chi connectivity index (χ3v) is 2.98. The van der Waals surface area contributed by atoms with Crippen molar-refractivity contribution < 1.29 is 4.39 Å². The largest absolute Gasteiger partial charge is 0.206 e. The lowest BCUT2D eigenvalue weighted by Gasteiger charge is -2.08. The molecule has 0 unspecified atom stereocenters. The molecule has 0 aromatic heterocycles. The number of fused-ring (bicyclic) bond motifs is 2. The van der Waals surface area contributed by atoms with Gasteiger partial charge in [-0.3, -0.25) is 0 Å². The Hall–Kier alpha value is -1.89. The van der Waals surface area contributed by atoms with Crippen LogP contribution in [0.4, 0.5) is 4.39 Å². The van der Waals surface area contributed by atoms with Crippen molar-refractivity contribution in [2.24, 2.45) is 0 Å². The van der Waals surface area contributed by atoms with Gasteiger partial charge in [-0.1, -0.05) is 48.5 Å². The van der Waals surface area contributed by atoms with E-state index in [0.717, 1.165) is 16.3 Å². The molecule has 1 heteroatoms. The van der Waals surface area contributed by atoms with Crippen LogP contribution in [0, 0.1) is 12.7 Å². The number of halogens is 1. The molecule has 0 bridgehead atoms. The van der Waals surface area contributed by atoms with E-state index in [1.807, 2.05) is 36.4 Å². The summed E-state index contributed by atoms with van der Waals surface area (Å²) < 4.78 is 14.2. The molecule has 0 heterocycles. The van der Waals surface area contributed by atoms with E-state index in [9.17, 15) is 4.39 Å². The molecule has 0 atom stereocenters. The fourth-order valence-corrected chi connectivity index (χ4v) is 2.17. The maximum absolute atomic E-state index is 14.2. The molecule has 0 spiro atoms. The molecule has 1 radical (unpaired) electrons. The third-order valence-electron chi connectivity index (χ3n) is 2.98. The van der Waals surface area contributed by atoms with Crippen LogP contribution in [0.3, 0.4) is 0 Å². The third kappa shape index (κ3) is 1.15. The van der Waals surface area contributed by atoms with Crippen molar-refractivity contribution in [1.29, 1.82) is 0 Å². The lowest BCUT2D eigenvalue weighted by molar-refractivity contribution is 0.651. The predicted molar refractivity (Wildman–Crippen MR) is 65.9 cm³/mol. The average Bonchev–Trinajstić information content (AvgIpc) is 2.36. The molecule has 0 aliphatic rings. The van der Waals surface area contributed by atoms with Crippen molar-refractivity contribution in [3.63, 3.8) is 0 Å². The summed E-state index contributed by atoms with van der Waals surface area (Å²) in [5, 5.41) is 3.06. The normalized spacial score (nSPS) is 11.1. The Labute approximate surface area is 93.3 Å². The van der Waals surface area contributed by atoms with E-state index in [2.05, 4.69) is 6.92 Å². The van der Waals surface area contributed by atoms with Gasteiger partial charge in [0.05, 0.1) is 0 Å². The van der Waals surface area contributed by atoms with Crippen LogP contribution in [0.2, 0.25) is 0 Å². The quantitative estimate of drug-likeness (QED) is 0.484. The maximum Gasteiger partial charge on any atom is 0.138 e. The highest BCUT2D eigenvalue weighted by molar-refractivity contribution is 6.03. The Morgan fingerprint density at radius 2 is 1.06 bits per heavy atom. The van der Waals surface area contributed by atoms with Crippen molar-refractivity contribution in [3.05, 3.63) is 66.8 Å². The van der Waals surface area contributed by atoms with Crippen molar-refractivity contribution >= 4 is 21.5 Å². The molecular formula is C15H10F. The van der Waals surface area contributed by atoms with Crippen LogP contribution >= 0.6 is 0 Å². The lowest BCUT2D eigenvalue weighted by atomic mass is 9.97. The summed E-state index contributed by atoms with van der Waals surface area (Å²) in [6.45, 7) is 4.05. The summed E-state index contributed by atoms with van der Waals surface area (Å²) in [6, 6.07) is 14.9. The number of hydrogen-bond donors (Lipinski definition) is 0. The van der Waals surface area contributed by atoms with Crippen LogP contribution in [0.15, 0.2) is 48.5 Å². The lowest BCUT2D eigenvalue weighted by Crippen LogP contribution is -1.87. The summed E-state index contributed by atoms with van der Waals surface area (Å²) in [4.78, 5) is 0. The second kappa shape index (κ2) is 3.31. The Bertz CT molecular complexity index is 566. The SMILES string of the molecule is [CH2]c1c2ccccc2c(F)c2ccccc12. The molecule has 16 heavy (non-hydrogen) atoms. The molecule has 3 aromatic carbocycles. The van der Waals surface area contributed by atoms with Crippen molar-refractivity contribution in [3.8, 4) is 0 Å². The minimum absolute atomic E-state index is 0.154. The minimum Gasteiger partial charge on any atom is -0.206 e. The molecule has 0 nitrogen and oxygen atoms in total. The minimum atomic E-state index is -0.154. The van der Waals surface area contributed by atoms with Crippen LogP contribution < -0.4 is 0 Å². The standard InChI is InChI=1S/C15H10F/c1-10-11-6-2-4-8-13(11)15(16)14-9-5-3-7-12(10)14/h2-9H,1H2. The number of hydrogen-bond acceptors (Lipinski definition) is 0. The summed E-state index contributed by atoms with van der Waals surface area (Å²) in [7, 11) is 0. The zero-order chi connectivity index (χ0) is 11.1. The first kappa shape index (κ1) is 9.34. The monoisotopic (exact) mass is 209 g/mol. The van der Waals surface area contributed by atoms with Crippen LogP contribution in [0.25, 0.3) is 21.5 Å². The topological polar surface area (TPSA) is 0 Å². The van der Waals surface area contributed by atoms with E-state index in [4.69, 9.17) is 0 Å². The van der Waals surface area contributed by atoms with Gasteiger partial charge in [-0.05, 0) is 23.3 Å². The first-order valence-corrected chi connectivity index (χ1v) is 5.20. The first-order valence-electron chi connectivity index (χ1n) is 5.20. The summed E-state index contributed by atoms with van der Waals surface area (Å²) in [5.41, 5.74) is 0.896. The highest BCUT2D eigenvalue weighted by Crippen LogP contribution is 2.30. The smallest absolute Gasteiger partial charge is 0.138 e. The van der Waals surface area contributed by atoms with Crippen LogP contribution in [0.5, 0.6) is 0 Å². The van der Waals surface area contributed by atoms with E-state index in [-0.39, 0.29) is 5.82 Å². The number of rotatable bonds is 0. The Morgan fingerprint density at radius 3 is 1.50 bits per heavy atom. The summed E-state index contributed by atoms with van der Waals surface area (Å²) >= 11 is 0. The molecule has 0 saturated carbocycles. The van der Waals surface area contributed by atoms with Crippen LogP contribution in [-0.4, -0.2) is 0 Å². The summed E-state index contributed by atoms with van der Waals surface area (Å²) in [5.74, 6) is -0.154. The Kier molecular flexibility index (Phi) is 1.93. The van der Waals surface area contributed by atoms with Crippen molar-refractivity contribution in [1.82, 2.24) is 0 Å². The first-order chi connectivity index (χ1) is 7.79. The molecule has 3 aromatic rings. The Balaban J connectivity index is 2.67. The van der Waals surface area contributed by atoms with E-state index in [1.165, 1.54) is 0 Å². The fourth-order valence-electron chi connectivity index (χ4n) is 2.17. The highest BCUT2D eigenvalue weighted by Gasteiger charge is 2.09. The van der Waals surface area contributed by atoms with Gasteiger partial charge in [0.1, 0.15) is 5.82 Å². The van der Waals surface area contributed by atoms with Gasteiger partial charge >= 0.3 is 0 Å². The second-order valence-electron chi connectivity index (χ2n) is 3.88. The van der Waals surface area contributed by atoms with Crippen LogP contribution in [0.1, 0.15) is 5.56 Å². The van der Waals surface area contributed by atoms with Gasteiger partial charge in [-0.25, -0.2) is 4.39 Å². The highest BCUT2D eigenvalue weighted by atomic mass is 19.1. The van der Waals surface area contributed by atoms with E-state index >= 15 is 0 Å². The molecule has 0 aliphatic heterocycles. The predicted octanol–water partition coefficient (Wildman–Crippen LogP) is 4.31. The molecular weight excluding hydrogens is 199 g/mol. The Morgan fingerprint density at radius 1 is 0.688 bits per heavy atom. The van der Waals surface area contributed by atoms with Crippen molar-refractivity contribution in [2.45, 2.75) is 0 Å². The average molecular weight is 209 g/mol. The molecule has 77 valence electrons. The molecule has 0 amide bonds. The van der Waals surface area contributed by atoms with E-state index in [0.29, 0.717) is 10.8 Å². The zero-order valence-electron chi connectivity index (χ0n) is 8.70. The maximum atomic E-state index is 14.2. The van der Waals surface area contributed by atoms with Crippen LogP contribution in [-0.2, 0) is 0 Å². The van der Waals surface area contributed by atoms with E-state index < -0.39 is 0 Å². The molecule has 0 fully saturated rings.